The van der Waals surface area contributed by atoms with Crippen LogP contribution in [0.15, 0.2) is 36.4 Å². The van der Waals surface area contributed by atoms with Crippen molar-refractivity contribution in [2.24, 2.45) is 5.14 Å². The molecule has 12 heteroatoms. The number of halogens is 1. The third kappa shape index (κ3) is 5.10. The van der Waals surface area contributed by atoms with Gasteiger partial charge in [0.25, 0.3) is 0 Å². The molecular weight excluding hydrogens is 403 g/mol. The fraction of sp³-hybridized carbons (Fsp3) is 0.294. The molecule has 0 bridgehead atoms. The Morgan fingerprint density at radius 3 is 2.76 bits per heavy atom. The number of ether oxygens (including phenoxy) is 1. The Morgan fingerprint density at radius 2 is 2.07 bits per heavy atom. The van der Waals surface area contributed by atoms with Gasteiger partial charge in [0.1, 0.15) is 22.9 Å². The largest absolute Gasteiger partial charge is 0.497 e. The first-order chi connectivity index (χ1) is 13.6. The first kappa shape index (κ1) is 20.8. The van der Waals surface area contributed by atoms with Crippen molar-refractivity contribution in [2.45, 2.75) is 19.1 Å². The number of tetrazole rings is 1. The maximum Gasteiger partial charge on any atom is 0.223 e. The average Bonchev–Trinajstić information content (AvgIpc) is 3.10. The normalized spacial score (nSPS) is 13.8. The van der Waals surface area contributed by atoms with Crippen LogP contribution in [0.3, 0.4) is 0 Å². The van der Waals surface area contributed by atoms with Crippen LogP contribution in [-0.2, 0) is 22.2 Å². The first-order valence-corrected chi connectivity index (χ1v) is 10.1. The minimum atomic E-state index is -3.93. The summed E-state index contributed by atoms with van der Waals surface area (Å²) in [5.74, 6) is -0.523. The van der Waals surface area contributed by atoms with Gasteiger partial charge in [-0.25, -0.2) is 22.9 Å². The van der Waals surface area contributed by atoms with E-state index in [1.807, 2.05) is 0 Å². The predicted octanol–water partition coefficient (Wildman–Crippen LogP) is 0.427. The highest BCUT2D eigenvalue weighted by atomic mass is 32.2. The Bertz CT molecular complexity index is 1130. The minimum Gasteiger partial charge on any atom is -0.497 e. The molecule has 0 spiro atoms. The average molecular weight is 422 g/mol. The summed E-state index contributed by atoms with van der Waals surface area (Å²) >= 11 is 0. The molecular formula is C17H19FN6O4S. The molecule has 2 aromatic heterocycles. The molecule has 0 unspecified atom stereocenters. The fourth-order valence-electron chi connectivity index (χ4n) is 2.69. The molecule has 0 aliphatic rings. The molecule has 3 N–H and O–H groups in total. The monoisotopic (exact) mass is 422 g/mol. The number of aromatic nitrogens is 5. The number of nitrogens with two attached hydrogens (primary N) is 1. The lowest BCUT2D eigenvalue weighted by atomic mass is 10.0. The highest BCUT2D eigenvalue weighted by Crippen LogP contribution is 2.23. The number of hydrogen-bond donors (Lipinski definition) is 2. The van der Waals surface area contributed by atoms with Gasteiger partial charge in [0.2, 0.25) is 15.8 Å². The van der Waals surface area contributed by atoms with E-state index in [-0.39, 0.29) is 23.8 Å². The molecule has 0 saturated carbocycles. The van der Waals surface area contributed by atoms with Gasteiger partial charge >= 0.3 is 0 Å². The standard InChI is InChI=1S/C17H19FN6O4S/c1-17(25,10-29(19,26)27)15-5-3-4-14(20-15)16-21-23-24(22-16)9-11-8-12(28-2)6-7-13(11)18/h3-8,25H,9-10H2,1-2H3,(H2,19,26,27)/t17-/m0/s1. The van der Waals surface area contributed by atoms with Crippen LogP contribution < -0.4 is 9.88 Å². The topological polar surface area (TPSA) is 146 Å². The van der Waals surface area contributed by atoms with Gasteiger partial charge in [0.05, 0.1) is 25.1 Å². The highest BCUT2D eigenvalue weighted by Gasteiger charge is 2.30. The molecule has 10 nitrogen and oxygen atoms in total. The molecule has 0 saturated heterocycles. The van der Waals surface area contributed by atoms with Gasteiger partial charge in [-0.1, -0.05) is 6.07 Å². The van der Waals surface area contributed by atoms with Crippen molar-refractivity contribution in [3.05, 3.63) is 53.5 Å². The minimum absolute atomic E-state index is 0.0128. The van der Waals surface area contributed by atoms with Crippen molar-refractivity contribution in [1.82, 2.24) is 25.2 Å². The zero-order valence-electron chi connectivity index (χ0n) is 15.6. The quantitative estimate of drug-likeness (QED) is 0.557. The smallest absolute Gasteiger partial charge is 0.223 e. The van der Waals surface area contributed by atoms with Crippen LogP contribution in [0.4, 0.5) is 4.39 Å². The number of sulfonamides is 1. The molecule has 3 rings (SSSR count). The summed E-state index contributed by atoms with van der Waals surface area (Å²) in [6.45, 7) is 1.30. The van der Waals surface area contributed by atoms with E-state index in [0.717, 1.165) is 0 Å². The van der Waals surface area contributed by atoms with Crippen LogP contribution in [0.5, 0.6) is 5.75 Å². The van der Waals surface area contributed by atoms with Gasteiger partial charge < -0.3 is 9.84 Å². The van der Waals surface area contributed by atoms with Crippen LogP contribution in [-0.4, -0.2) is 51.6 Å². The molecule has 0 aliphatic heterocycles. The Balaban J connectivity index is 1.86. The molecule has 3 aromatic rings. The van der Waals surface area contributed by atoms with E-state index < -0.39 is 27.2 Å². The third-order valence-electron chi connectivity index (χ3n) is 4.03. The van der Waals surface area contributed by atoms with Gasteiger partial charge in [-0.15, -0.1) is 10.2 Å². The second kappa shape index (κ2) is 7.81. The summed E-state index contributed by atoms with van der Waals surface area (Å²) < 4.78 is 41.8. The van der Waals surface area contributed by atoms with E-state index in [1.165, 1.54) is 43.1 Å². The van der Waals surface area contributed by atoms with Gasteiger partial charge in [-0.3, -0.25) is 0 Å². The van der Waals surface area contributed by atoms with E-state index in [4.69, 9.17) is 9.88 Å². The third-order valence-corrected chi connectivity index (χ3v) is 4.99. The van der Waals surface area contributed by atoms with Crippen molar-refractivity contribution < 1.29 is 22.7 Å². The summed E-state index contributed by atoms with van der Waals surface area (Å²) in [6.07, 6.45) is 0. The summed E-state index contributed by atoms with van der Waals surface area (Å²) in [5, 5.41) is 27.4. The zero-order valence-corrected chi connectivity index (χ0v) is 16.5. The second-order valence-corrected chi connectivity index (χ2v) is 8.20. The van der Waals surface area contributed by atoms with Crippen LogP contribution in [0.2, 0.25) is 0 Å². The van der Waals surface area contributed by atoms with E-state index in [9.17, 15) is 17.9 Å². The number of pyridine rings is 1. The molecule has 1 atom stereocenters. The molecule has 0 aliphatic carbocycles. The number of aliphatic hydroxyl groups is 1. The van der Waals surface area contributed by atoms with Crippen molar-refractivity contribution in [1.29, 1.82) is 0 Å². The summed E-state index contributed by atoms with van der Waals surface area (Å²) in [5.41, 5.74) is -1.15. The second-order valence-electron chi connectivity index (χ2n) is 6.59. The predicted molar refractivity (Wildman–Crippen MR) is 101 cm³/mol. The zero-order chi connectivity index (χ0) is 21.2. The van der Waals surface area contributed by atoms with Crippen molar-refractivity contribution in [3.63, 3.8) is 0 Å². The number of primary sulfonamides is 1. The first-order valence-electron chi connectivity index (χ1n) is 8.38. The molecule has 0 fully saturated rings. The summed E-state index contributed by atoms with van der Waals surface area (Å²) in [4.78, 5) is 5.41. The lowest BCUT2D eigenvalue weighted by Gasteiger charge is -2.21. The molecule has 1 aromatic carbocycles. The fourth-order valence-corrected chi connectivity index (χ4v) is 3.62. The van der Waals surface area contributed by atoms with Crippen LogP contribution in [0.1, 0.15) is 18.2 Å². The molecule has 29 heavy (non-hydrogen) atoms. The van der Waals surface area contributed by atoms with Gasteiger partial charge in [0.15, 0.2) is 0 Å². The number of hydrogen-bond acceptors (Lipinski definition) is 8. The van der Waals surface area contributed by atoms with E-state index in [1.54, 1.807) is 12.1 Å². The molecule has 0 amide bonds. The van der Waals surface area contributed by atoms with Crippen LogP contribution in [0, 0.1) is 5.82 Å². The molecule has 154 valence electrons. The van der Waals surface area contributed by atoms with Gasteiger partial charge in [-0.05, 0) is 42.5 Å². The number of methoxy groups -OCH3 is 1. The van der Waals surface area contributed by atoms with Gasteiger partial charge in [-0.2, -0.15) is 4.80 Å². The highest BCUT2D eigenvalue weighted by molar-refractivity contribution is 7.89. The van der Waals surface area contributed by atoms with E-state index in [0.29, 0.717) is 11.3 Å². The van der Waals surface area contributed by atoms with E-state index >= 15 is 0 Å². The van der Waals surface area contributed by atoms with Crippen LogP contribution in [0.25, 0.3) is 11.5 Å². The van der Waals surface area contributed by atoms with E-state index in [2.05, 4.69) is 20.4 Å². The SMILES string of the molecule is COc1ccc(F)c(Cn2nnc(-c3cccc([C@@](C)(O)CS(N)(=O)=O)n3)n2)c1. The number of rotatable bonds is 7. The van der Waals surface area contributed by atoms with Crippen molar-refractivity contribution in [2.75, 3.05) is 12.9 Å². The molecule has 2 heterocycles. The maximum atomic E-state index is 14.0. The Kier molecular flexibility index (Phi) is 5.59. The molecule has 0 radical (unpaired) electrons. The van der Waals surface area contributed by atoms with Gasteiger partial charge in [0, 0.05) is 5.56 Å². The Morgan fingerprint density at radius 1 is 1.31 bits per heavy atom. The summed E-state index contributed by atoms with van der Waals surface area (Å²) in [6, 6.07) is 8.92. The number of nitrogens with zero attached hydrogens (tertiary/aromatic N) is 5. The van der Waals surface area contributed by atoms with Crippen molar-refractivity contribution >= 4 is 10.0 Å². The lowest BCUT2D eigenvalue weighted by molar-refractivity contribution is 0.0773. The lowest BCUT2D eigenvalue weighted by Crippen LogP contribution is -2.35. The van der Waals surface area contributed by atoms with Crippen molar-refractivity contribution in [3.8, 4) is 17.3 Å². The van der Waals surface area contributed by atoms with Crippen LogP contribution >= 0.6 is 0 Å². The Labute approximate surface area is 166 Å². The summed E-state index contributed by atoms with van der Waals surface area (Å²) in [7, 11) is -2.45. The Hall–Kier alpha value is -2.96. The number of benzene rings is 1. The maximum absolute atomic E-state index is 14.0.